The normalized spacial score (nSPS) is 14.0. The molecule has 0 aliphatic carbocycles. The summed E-state index contributed by atoms with van der Waals surface area (Å²) in [4.78, 5) is 39.8. The van der Waals surface area contributed by atoms with Crippen LogP contribution in [0.25, 0.3) is 6.08 Å². The number of benzene rings is 3. The molecule has 1 N–H and O–H groups in total. The van der Waals surface area contributed by atoms with Crippen molar-refractivity contribution in [2.75, 3.05) is 26.1 Å². The smallest absolute Gasteiger partial charge is 0.340 e. The van der Waals surface area contributed by atoms with Gasteiger partial charge >= 0.3 is 5.97 Å². The molecule has 0 atom stereocenters. The van der Waals surface area contributed by atoms with Crippen molar-refractivity contribution in [2.24, 2.45) is 0 Å². The van der Waals surface area contributed by atoms with E-state index < -0.39 is 5.97 Å². The van der Waals surface area contributed by atoms with E-state index >= 15 is 0 Å². The maximum absolute atomic E-state index is 13.4. The molecule has 200 valence electrons. The Bertz CT molecular complexity index is 1450. The molecule has 0 unspecified atom stereocenters. The zero-order valence-corrected chi connectivity index (χ0v) is 22.5. The molecule has 0 bridgehead atoms. The molecule has 2 amide bonds. The maximum Gasteiger partial charge on any atom is 0.340 e. The number of allylic oxidation sites excluding steroid dienone is 1. The SMILES string of the molecule is COC(=O)C1=C(C)N(Cc2ccc(OC)cc2)C(=O)/C1=C\c1ccc(OCC(=O)Nc2cccc(Cl)c2)cc1. The van der Waals surface area contributed by atoms with Gasteiger partial charge in [0.1, 0.15) is 11.5 Å². The van der Waals surface area contributed by atoms with E-state index in [1.54, 1.807) is 73.5 Å². The molecule has 3 aromatic carbocycles. The fourth-order valence-corrected chi connectivity index (χ4v) is 4.26. The number of esters is 1. The summed E-state index contributed by atoms with van der Waals surface area (Å²) in [5.74, 6) is -0.0435. The van der Waals surface area contributed by atoms with Gasteiger partial charge < -0.3 is 24.4 Å². The lowest BCUT2D eigenvalue weighted by Crippen LogP contribution is -2.24. The molecule has 39 heavy (non-hydrogen) atoms. The van der Waals surface area contributed by atoms with Gasteiger partial charge in [0.2, 0.25) is 0 Å². The summed E-state index contributed by atoms with van der Waals surface area (Å²) >= 11 is 5.94. The standard InChI is InChI=1S/C30H27ClN2O6/c1-19-28(30(36)38-3)26(29(35)33(19)17-21-9-11-24(37-2)12-10-21)15-20-7-13-25(14-8-20)39-18-27(34)32-23-6-4-5-22(31)16-23/h4-16H,17-18H2,1-3H3,(H,32,34)/b26-15-. The van der Waals surface area contributed by atoms with Crippen LogP contribution in [0.2, 0.25) is 5.02 Å². The van der Waals surface area contributed by atoms with Gasteiger partial charge in [-0.2, -0.15) is 0 Å². The van der Waals surface area contributed by atoms with Gasteiger partial charge in [0, 0.05) is 16.4 Å². The van der Waals surface area contributed by atoms with Crippen LogP contribution in [0.3, 0.4) is 0 Å². The lowest BCUT2D eigenvalue weighted by Gasteiger charge is -2.18. The number of carbonyl (C=O) groups is 3. The van der Waals surface area contributed by atoms with E-state index in [0.717, 1.165) is 5.56 Å². The third-order valence-corrected chi connectivity index (χ3v) is 6.31. The predicted molar refractivity (Wildman–Crippen MR) is 148 cm³/mol. The van der Waals surface area contributed by atoms with Crippen LogP contribution < -0.4 is 14.8 Å². The van der Waals surface area contributed by atoms with E-state index in [1.165, 1.54) is 7.11 Å². The highest BCUT2D eigenvalue weighted by molar-refractivity contribution is 6.30. The third-order valence-electron chi connectivity index (χ3n) is 6.07. The molecular weight excluding hydrogens is 520 g/mol. The number of methoxy groups -OCH3 is 2. The molecule has 0 saturated heterocycles. The summed E-state index contributed by atoms with van der Waals surface area (Å²) in [7, 11) is 2.87. The minimum Gasteiger partial charge on any atom is -0.497 e. The number of carbonyl (C=O) groups excluding carboxylic acids is 3. The number of amides is 2. The Balaban J connectivity index is 1.47. The Kier molecular flexibility index (Phi) is 8.68. The highest BCUT2D eigenvalue weighted by Gasteiger charge is 2.37. The molecule has 0 aromatic heterocycles. The molecular formula is C30H27ClN2O6. The number of halogens is 1. The first-order valence-electron chi connectivity index (χ1n) is 12.0. The van der Waals surface area contributed by atoms with Gasteiger partial charge in [-0.15, -0.1) is 0 Å². The monoisotopic (exact) mass is 546 g/mol. The second-order valence-corrected chi connectivity index (χ2v) is 9.10. The summed E-state index contributed by atoms with van der Waals surface area (Å²) in [5, 5.41) is 3.23. The molecule has 0 saturated carbocycles. The number of nitrogens with one attached hydrogen (secondary N) is 1. The summed E-state index contributed by atoms with van der Waals surface area (Å²) in [5.41, 5.74) is 3.10. The Morgan fingerprint density at radius 3 is 2.31 bits per heavy atom. The minimum atomic E-state index is -0.588. The van der Waals surface area contributed by atoms with Crippen LogP contribution in [0.5, 0.6) is 11.5 Å². The highest BCUT2D eigenvalue weighted by atomic mass is 35.5. The zero-order valence-electron chi connectivity index (χ0n) is 21.7. The van der Waals surface area contributed by atoms with Crippen LogP contribution in [0.15, 0.2) is 89.6 Å². The molecule has 4 rings (SSSR count). The summed E-state index contributed by atoms with van der Waals surface area (Å²) in [6, 6.07) is 21.0. The Morgan fingerprint density at radius 1 is 0.974 bits per heavy atom. The van der Waals surface area contributed by atoms with Gasteiger partial charge in [0.15, 0.2) is 6.61 Å². The van der Waals surface area contributed by atoms with E-state index in [1.807, 2.05) is 24.3 Å². The van der Waals surface area contributed by atoms with Crippen molar-refractivity contribution in [1.29, 1.82) is 0 Å². The summed E-state index contributed by atoms with van der Waals surface area (Å²) in [6.45, 7) is 1.82. The van der Waals surface area contributed by atoms with Crippen molar-refractivity contribution in [1.82, 2.24) is 4.90 Å². The molecule has 1 heterocycles. The summed E-state index contributed by atoms with van der Waals surface area (Å²) in [6.07, 6.45) is 1.64. The Hall–Kier alpha value is -4.56. The van der Waals surface area contributed by atoms with Crippen LogP contribution in [-0.4, -0.2) is 43.5 Å². The lowest BCUT2D eigenvalue weighted by molar-refractivity contribution is -0.136. The van der Waals surface area contributed by atoms with Crippen LogP contribution in [-0.2, 0) is 25.7 Å². The molecule has 3 aromatic rings. The van der Waals surface area contributed by atoms with Crippen LogP contribution in [0, 0.1) is 0 Å². The van der Waals surface area contributed by atoms with E-state index in [2.05, 4.69) is 5.32 Å². The maximum atomic E-state index is 13.4. The van der Waals surface area contributed by atoms with Crippen molar-refractivity contribution >= 4 is 41.1 Å². The second-order valence-electron chi connectivity index (χ2n) is 8.67. The van der Waals surface area contributed by atoms with Crippen LogP contribution in [0.4, 0.5) is 5.69 Å². The van der Waals surface area contributed by atoms with E-state index in [0.29, 0.717) is 33.5 Å². The van der Waals surface area contributed by atoms with E-state index in [-0.39, 0.29) is 36.1 Å². The molecule has 0 fully saturated rings. The summed E-state index contributed by atoms with van der Waals surface area (Å²) < 4.78 is 15.7. The van der Waals surface area contributed by atoms with Gasteiger partial charge in [0.25, 0.3) is 11.8 Å². The molecule has 1 aliphatic heterocycles. The van der Waals surface area contributed by atoms with Gasteiger partial charge in [-0.05, 0) is 66.6 Å². The Morgan fingerprint density at radius 2 is 1.67 bits per heavy atom. The molecule has 1 aliphatic rings. The molecule has 9 heteroatoms. The first kappa shape index (κ1) is 27.5. The second kappa shape index (κ2) is 12.3. The van der Waals surface area contributed by atoms with Gasteiger partial charge in [-0.3, -0.25) is 9.59 Å². The number of nitrogens with zero attached hydrogens (tertiary/aromatic N) is 1. The topological polar surface area (TPSA) is 94.2 Å². The number of anilines is 1. The highest BCUT2D eigenvalue weighted by Crippen LogP contribution is 2.33. The lowest BCUT2D eigenvalue weighted by atomic mass is 10.0. The first-order chi connectivity index (χ1) is 18.8. The van der Waals surface area contributed by atoms with Crippen molar-refractivity contribution < 1.29 is 28.6 Å². The molecule has 8 nitrogen and oxygen atoms in total. The van der Waals surface area contributed by atoms with Crippen LogP contribution >= 0.6 is 11.6 Å². The van der Waals surface area contributed by atoms with Gasteiger partial charge in [-0.1, -0.05) is 41.9 Å². The number of hydrogen-bond acceptors (Lipinski definition) is 6. The third kappa shape index (κ3) is 6.66. The van der Waals surface area contributed by atoms with E-state index in [9.17, 15) is 14.4 Å². The average molecular weight is 547 g/mol. The van der Waals surface area contributed by atoms with Crippen molar-refractivity contribution in [3.05, 3.63) is 106 Å². The van der Waals surface area contributed by atoms with Crippen molar-refractivity contribution in [2.45, 2.75) is 13.5 Å². The first-order valence-corrected chi connectivity index (χ1v) is 12.4. The minimum absolute atomic E-state index is 0.194. The number of ether oxygens (including phenoxy) is 3. The molecule has 0 radical (unpaired) electrons. The fraction of sp³-hybridized carbons (Fsp3) is 0.167. The Labute approximate surface area is 231 Å². The molecule has 0 spiro atoms. The predicted octanol–water partition coefficient (Wildman–Crippen LogP) is 5.24. The quantitative estimate of drug-likeness (QED) is 0.291. The fourth-order valence-electron chi connectivity index (χ4n) is 4.07. The number of hydrogen-bond donors (Lipinski definition) is 1. The largest absolute Gasteiger partial charge is 0.497 e. The van der Waals surface area contributed by atoms with Crippen LogP contribution in [0.1, 0.15) is 18.1 Å². The van der Waals surface area contributed by atoms with Gasteiger partial charge in [0.05, 0.1) is 31.9 Å². The van der Waals surface area contributed by atoms with Gasteiger partial charge in [-0.25, -0.2) is 4.79 Å². The van der Waals surface area contributed by atoms with E-state index in [4.69, 9.17) is 25.8 Å². The average Bonchev–Trinajstić information content (AvgIpc) is 3.16. The van der Waals surface area contributed by atoms with Crippen molar-refractivity contribution in [3.8, 4) is 11.5 Å². The zero-order chi connectivity index (χ0) is 27.9. The van der Waals surface area contributed by atoms with Crippen molar-refractivity contribution in [3.63, 3.8) is 0 Å². The number of rotatable bonds is 9.